The lowest BCUT2D eigenvalue weighted by Gasteiger charge is -2.13. The summed E-state index contributed by atoms with van der Waals surface area (Å²) in [7, 11) is 0. The molecule has 0 aliphatic carbocycles. The fraction of sp³-hybridized carbons (Fsp3) is 0.200. The fourth-order valence-corrected chi connectivity index (χ4v) is 2.28. The Morgan fingerprint density at radius 1 is 1.21 bits per heavy atom. The van der Waals surface area contributed by atoms with Gasteiger partial charge in [0.2, 0.25) is 0 Å². The molecule has 0 fully saturated rings. The van der Waals surface area contributed by atoms with Crippen molar-refractivity contribution in [1.29, 1.82) is 0 Å². The van der Waals surface area contributed by atoms with Crippen molar-refractivity contribution >= 4 is 21.6 Å². The van der Waals surface area contributed by atoms with Gasteiger partial charge in [-0.2, -0.15) is 0 Å². The normalized spacial score (nSPS) is 10.5. The molecule has 0 radical (unpaired) electrons. The molecular formula is C15H15BrFNO. The van der Waals surface area contributed by atoms with Crippen LogP contribution in [0.3, 0.4) is 0 Å². The summed E-state index contributed by atoms with van der Waals surface area (Å²) < 4.78 is 14.0. The van der Waals surface area contributed by atoms with Gasteiger partial charge in [0.05, 0.1) is 0 Å². The zero-order chi connectivity index (χ0) is 14.0. The van der Waals surface area contributed by atoms with Crippen LogP contribution in [0.25, 0.3) is 0 Å². The van der Waals surface area contributed by atoms with E-state index in [1.54, 1.807) is 6.07 Å². The predicted octanol–water partition coefficient (Wildman–Crippen LogP) is 4.52. The van der Waals surface area contributed by atoms with Crippen molar-refractivity contribution in [3.05, 3.63) is 57.3 Å². The molecule has 2 aromatic carbocycles. The Labute approximate surface area is 120 Å². The lowest BCUT2D eigenvalue weighted by molar-refractivity contribution is 0.467. The van der Waals surface area contributed by atoms with E-state index < -0.39 is 0 Å². The maximum atomic E-state index is 13.2. The largest absolute Gasteiger partial charge is 0.507 e. The third-order valence-electron chi connectivity index (χ3n) is 3.11. The van der Waals surface area contributed by atoms with Gasteiger partial charge < -0.3 is 10.4 Å². The van der Waals surface area contributed by atoms with Crippen LogP contribution in [0.1, 0.15) is 16.7 Å². The number of halogens is 2. The quantitative estimate of drug-likeness (QED) is 0.870. The molecule has 0 spiro atoms. The summed E-state index contributed by atoms with van der Waals surface area (Å²) in [5.41, 5.74) is 3.32. The van der Waals surface area contributed by atoms with Gasteiger partial charge in [0.1, 0.15) is 11.6 Å². The number of nitrogens with one attached hydrogen (secondary N) is 1. The highest BCUT2D eigenvalue weighted by Crippen LogP contribution is 2.29. The number of benzene rings is 2. The standard InChI is InChI=1S/C15H15BrFNO/c1-9-3-6-14(10(2)15(9)19)18-8-11-7-12(17)4-5-13(11)16/h3-7,18-19H,8H2,1-2H3. The molecule has 0 aromatic heterocycles. The lowest BCUT2D eigenvalue weighted by Crippen LogP contribution is -2.02. The van der Waals surface area contributed by atoms with E-state index >= 15 is 0 Å². The van der Waals surface area contributed by atoms with Crippen LogP contribution in [0.4, 0.5) is 10.1 Å². The monoisotopic (exact) mass is 323 g/mol. The molecule has 0 aliphatic rings. The van der Waals surface area contributed by atoms with E-state index in [0.717, 1.165) is 26.9 Å². The van der Waals surface area contributed by atoms with Crippen LogP contribution in [-0.4, -0.2) is 5.11 Å². The minimum absolute atomic E-state index is 0.261. The van der Waals surface area contributed by atoms with Crippen LogP contribution in [0, 0.1) is 19.7 Å². The van der Waals surface area contributed by atoms with Crippen molar-refractivity contribution in [2.24, 2.45) is 0 Å². The Morgan fingerprint density at radius 2 is 1.95 bits per heavy atom. The summed E-state index contributed by atoms with van der Waals surface area (Å²) in [5, 5.41) is 13.1. The minimum atomic E-state index is -0.261. The SMILES string of the molecule is Cc1ccc(NCc2cc(F)ccc2Br)c(C)c1O. The average molecular weight is 324 g/mol. The van der Waals surface area contributed by atoms with Crippen molar-refractivity contribution in [2.45, 2.75) is 20.4 Å². The number of anilines is 1. The number of rotatable bonds is 3. The van der Waals surface area contributed by atoms with Crippen molar-refractivity contribution in [3.63, 3.8) is 0 Å². The summed E-state index contributed by atoms with van der Waals surface area (Å²) in [6.07, 6.45) is 0. The van der Waals surface area contributed by atoms with Gasteiger partial charge in [-0.1, -0.05) is 22.0 Å². The van der Waals surface area contributed by atoms with Crippen molar-refractivity contribution in [1.82, 2.24) is 0 Å². The fourth-order valence-electron chi connectivity index (χ4n) is 1.90. The van der Waals surface area contributed by atoms with Gasteiger partial charge >= 0.3 is 0 Å². The molecule has 0 heterocycles. The molecule has 2 nitrogen and oxygen atoms in total. The first-order valence-corrected chi connectivity index (χ1v) is 6.75. The van der Waals surface area contributed by atoms with Gasteiger partial charge in [-0.25, -0.2) is 4.39 Å². The molecule has 0 bridgehead atoms. The molecule has 2 aromatic rings. The summed E-state index contributed by atoms with van der Waals surface area (Å²) in [5.74, 6) is 0.0341. The number of aromatic hydroxyl groups is 1. The number of phenols is 1. The van der Waals surface area contributed by atoms with Crippen LogP contribution < -0.4 is 5.32 Å². The van der Waals surface area contributed by atoms with Crippen LogP contribution in [0.15, 0.2) is 34.8 Å². The summed E-state index contributed by atoms with van der Waals surface area (Å²) in [6.45, 7) is 4.20. The molecule has 0 atom stereocenters. The van der Waals surface area contributed by atoms with Gasteiger partial charge in [0, 0.05) is 22.3 Å². The summed E-state index contributed by atoms with van der Waals surface area (Å²) in [4.78, 5) is 0. The summed E-state index contributed by atoms with van der Waals surface area (Å²) >= 11 is 3.39. The van der Waals surface area contributed by atoms with Gasteiger partial charge in [0.15, 0.2) is 0 Å². The third kappa shape index (κ3) is 3.07. The third-order valence-corrected chi connectivity index (χ3v) is 3.88. The van der Waals surface area contributed by atoms with Crippen molar-refractivity contribution in [3.8, 4) is 5.75 Å². The second-order valence-electron chi connectivity index (χ2n) is 4.49. The Morgan fingerprint density at radius 3 is 2.68 bits per heavy atom. The first-order valence-electron chi connectivity index (χ1n) is 5.96. The van der Waals surface area contributed by atoms with Crippen LogP contribution in [0.2, 0.25) is 0 Å². The highest BCUT2D eigenvalue weighted by molar-refractivity contribution is 9.10. The highest BCUT2D eigenvalue weighted by Gasteiger charge is 2.07. The molecule has 100 valence electrons. The smallest absolute Gasteiger partial charge is 0.123 e. The molecule has 0 saturated heterocycles. The number of hydrogen-bond acceptors (Lipinski definition) is 2. The zero-order valence-electron chi connectivity index (χ0n) is 10.8. The zero-order valence-corrected chi connectivity index (χ0v) is 12.4. The van der Waals surface area contributed by atoms with E-state index in [-0.39, 0.29) is 5.82 Å². The topological polar surface area (TPSA) is 32.3 Å². The first-order chi connectivity index (χ1) is 8.99. The Balaban J connectivity index is 2.19. The molecular weight excluding hydrogens is 309 g/mol. The molecule has 4 heteroatoms. The van der Waals surface area contributed by atoms with Gasteiger partial charge in [0.25, 0.3) is 0 Å². The molecule has 0 saturated carbocycles. The Bertz CT molecular complexity index is 613. The first kappa shape index (κ1) is 13.9. The maximum absolute atomic E-state index is 13.2. The summed E-state index contributed by atoms with van der Waals surface area (Å²) in [6, 6.07) is 8.35. The van der Waals surface area contributed by atoms with Crippen molar-refractivity contribution < 1.29 is 9.50 Å². The van der Waals surface area contributed by atoms with Crippen LogP contribution >= 0.6 is 15.9 Å². The maximum Gasteiger partial charge on any atom is 0.123 e. The molecule has 19 heavy (non-hydrogen) atoms. The van der Waals surface area contributed by atoms with Gasteiger partial charge in [-0.15, -0.1) is 0 Å². The second kappa shape index (κ2) is 5.61. The second-order valence-corrected chi connectivity index (χ2v) is 5.35. The molecule has 0 amide bonds. The average Bonchev–Trinajstić information content (AvgIpc) is 2.39. The lowest BCUT2D eigenvalue weighted by atomic mass is 10.1. The molecule has 0 unspecified atom stereocenters. The van der Waals surface area contributed by atoms with E-state index in [1.807, 2.05) is 26.0 Å². The molecule has 2 rings (SSSR count). The number of phenolic OH excluding ortho intramolecular Hbond substituents is 1. The molecule has 0 aliphatic heterocycles. The van der Waals surface area contributed by atoms with E-state index in [2.05, 4.69) is 21.2 Å². The molecule has 2 N–H and O–H groups in total. The predicted molar refractivity (Wildman–Crippen MR) is 79.0 cm³/mol. The number of hydrogen-bond donors (Lipinski definition) is 2. The Kier molecular flexibility index (Phi) is 4.10. The minimum Gasteiger partial charge on any atom is -0.507 e. The van der Waals surface area contributed by atoms with Crippen LogP contribution in [0.5, 0.6) is 5.75 Å². The van der Waals surface area contributed by atoms with E-state index in [4.69, 9.17) is 0 Å². The van der Waals surface area contributed by atoms with E-state index in [9.17, 15) is 9.50 Å². The number of aryl methyl sites for hydroxylation is 1. The van der Waals surface area contributed by atoms with Crippen molar-refractivity contribution in [2.75, 3.05) is 5.32 Å². The van der Waals surface area contributed by atoms with Gasteiger partial charge in [-0.05, 0) is 49.2 Å². The highest BCUT2D eigenvalue weighted by atomic mass is 79.9. The van der Waals surface area contributed by atoms with Crippen LogP contribution in [-0.2, 0) is 6.54 Å². The van der Waals surface area contributed by atoms with E-state index in [1.165, 1.54) is 12.1 Å². The van der Waals surface area contributed by atoms with E-state index in [0.29, 0.717) is 12.3 Å². The Hall–Kier alpha value is -1.55. The van der Waals surface area contributed by atoms with Gasteiger partial charge in [-0.3, -0.25) is 0 Å².